The molecule has 3 heteroatoms. The highest BCUT2D eigenvalue weighted by atomic mass is 16.5. The van der Waals surface area contributed by atoms with Crippen LogP contribution in [0.1, 0.15) is 59.3 Å². The van der Waals surface area contributed by atoms with Crippen molar-refractivity contribution in [2.75, 3.05) is 6.61 Å². The van der Waals surface area contributed by atoms with E-state index in [2.05, 4.69) is 13.8 Å². The Morgan fingerprint density at radius 2 is 2.06 bits per heavy atom. The SMILES string of the molecule is CCC(CC)COC(=O)C1(C)CCCCC1N. The summed E-state index contributed by atoms with van der Waals surface area (Å²) in [6.07, 6.45) is 6.16. The van der Waals surface area contributed by atoms with Crippen LogP contribution in [0, 0.1) is 11.3 Å². The second-order valence-corrected chi connectivity index (χ2v) is 5.55. The maximum Gasteiger partial charge on any atom is 0.313 e. The molecule has 1 rings (SSSR count). The zero-order valence-corrected chi connectivity index (χ0v) is 11.5. The second kappa shape index (κ2) is 6.39. The van der Waals surface area contributed by atoms with E-state index in [9.17, 15) is 4.79 Å². The van der Waals surface area contributed by atoms with Gasteiger partial charge in [-0.3, -0.25) is 4.79 Å². The molecule has 2 atom stereocenters. The minimum atomic E-state index is -0.454. The first-order valence-electron chi connectivity index (χ1n) is 6.97. The maximum atomic E-state index is 12.2. The molecule has 0 radical (unpaired) electrons. The van der Waals surface area contributed by atoms with Crippen molar-refractivity contribution in [2.45, 2.75) is 65.3 Å². The summed E-state index contributed by atoms with van der Waals surface area (Å²) in [6, 6.07) is -0.0366. The van der Waals surface area contributed by atoms with Crippen LogP contribution in [0.5, 0.6) is 0 Å². The number of hydrogen-bond acceptors (Lipinski definition) is 3. The molecule has 0 saturated heterocycles. The van der Waals surface area contributed by atoms with E-state index in [1.54, 1.807) is 0 Å². The monoisotopic (exact) mass is 241 g/mol. The number of hydrogen-bond donors (Lipinski definition) is 1. The number of esters is 1. The lowest BCUT2D eigenvalue weighted by molar-refractivity contribution is -0.159. The predicted octanol–water partition coefficient (Wildman–Crippen LogP) is 2.87. The lowest BCUT2D eigenvalue weighted by Gasteiger charge is -2.37. The summed E-state index contributed by atoms with van der Waals surface area (Å²) in [5, 5.41) is 0. The third kappa shape index (κ3) is 3.44. The molecule has 0 heterocycles. The summed E-state index contributed by atoms with van der Waals surface area (Å²) in [4.78, 5) is 12.2. The largest absolute Gasteiger partial charge is 0.465 e. The van der Waals surface area contributed by atoms with Crippen LogP contribution in [-0.4, -0.2) is 18.6 Å². The van der Waals surface area contributed by atoms with Gasteiger partial charge in [0.15, 0.2) is 0 Å². The Kier molecular flexibility index (Phi) is 5.44. The molecule has 0 amide bonds. The Morgan fingerprint density at radius 3 is 2.59 bits per heavy atom. The van der Waals surface area contributed by atoms with Crippen molar-refractivity contribution in [1.82, 2.24) is 0 Å². The molecule has 100 valence electrons. The van der Waals surface area contributed by atoms with Crippen LogP contribution in [0.25, 0.3) is 0 Å². The summed E-state index contributed by atoms with van der Waals surface area (Å²) in [5.41, 5.74) is 5.63. The van der Waals surface area contributed by atoms with E-state index >= 15 is 0 Å². The lowest BCUT2D eigenvalue weighted by atomic mass is 9.72. The van der Waals surface area contributed by atoms with Gasteiger partial charge in [-0.05, 0) is 25.7 Å². The average Bonchev–Trinajstić information content (AvgIpc) is 2.34. The van der Waals surface area contributed by atoms with Gasteiger partial charge in [-0.15, -0.1) is 0 Å². The van der Waals surface area contributed by atoms with Crippen LogP contribution in [-0.2, 0) is 9.53 Å². The number of ether oxygens (including phenoxy) is 1. The normalized spacial score (nSPS) is 29.4. The minimum absolute atomic E-state index is 0.0366. The van der Waals surface area contributed by atoms with Crippen LogP contribution in [0.15, 0.2) is 0 Å². The number of nitrogens with two attached hydrogens (primary N) is 1. The second-order valence-electron chi connectivity index (χ2n) is 5.55. The Hall–Kier alpha value is -0.570. The van der Waals surface area contributed by atoms with Gasteiger partial charge in [0, 0.05) is 6.04 Å². The van der Waals surface area contributed by atoms with E-state index in [0.717, 1.165) is 38.5 Å². The van der Waals surface area contributed by atoms with E-state index in [1.807, 2.05) is 6.92 Å². The molecule has 0 aromatic rings. The van der Waals surface area contributed by atoms with Crippen molar-refractivity contribution in [3.63, 3.8) is 0 Å². The molecule has 1 fully saturated rings. The first kappa shape index (κ1) is 14.5. The van der Waals surface area contributed by atoms with Gasteiger partial charge in [0.05, 0.1) is 12.0 Å². The molecule has 0 bridgehead atoms. The number of rotatable bonds is 5. The first-order valence-corrected chi connectivity index (χ1v) is 6.97. The van der Waals surface area contributed by atoms with Crippen LogP contribution < -0.4 is 5.73 Å². The Morgan fingerprint density at radius 1 is 1.41 bits per heavy atom. The van der Waals surface area contributed by atoms with Gasteiger partial charge in [0.25, 0.3) is 0 Å². The fourth-order valence-electron chi connectivity index (χ4n) is 2.50. The highest BCUT2D eigenvalue weighted by Gasteiger charge is 2.42. The highest BCUT2D eigenvalue weighted by molar-refractivity contribution is 5.77. The van der Waals surface area contributed by atoms with Crippen molar-refractivity contribution < 1.29 is 9.53 Å². The molecule has 1 aliphatic carbocycles. The molecule has 1 aliphatic rings. The molecule has 17 heavy (non-hydrogen) atoms. The fourth-order valence-corrected chi connectivity index (χ4v) is 2.50. The summed E-state index contributed by atoms with van der Waals surface area (Å²) in [5.74, 6) is 0.402. The molecule has 3 nitrogen and oxygen atoms in total. The predicted molar refractivity (Wildman–Crippen MR) is 69.6 cm³/mol. The maximum absolute atomic E-state index is 12.2. The van der Waals surface area contributed by atoms with Gasteiger partial charge in [0.1, 0.15) is 0 Å². The van der Waals surface area contributed by atoms with Gasteiger partial charge in [0.2, 0.25) is 0 Å². The summed E-state index contributed by atoms with van der Waals surface area (Å²) in [6.45, 7) is 6.78. The summed E-state index contributed by atoms with van der Waals surface area (Å²) >= 11 is 0. The van der Waals surface area contributed by atoms with Crippen molar-refractivity contribution in [3.8, 4) is 0 Å². The first-order chi connectivity index (χ1) is 8.04. The number of carbonyl (C=O) groups excluding carboxylic acids is 1. The fraction of sp³-hybridized carbons (Fsp3) is 0.929. The van der Waals surface area contributed by atoms with Gasteiger partial charge in [-0.25, -0.2) is 0 Å². The highest BCUT2D eigenvalue weighted by Crippen LogP contribution is 2.36. The van der Waals surface area contributed by atoms with E-state index in [-0.39, 0.29) is 12.0 Å². The quantitative estimate of drug-likeness (QED) is 0.753. The van der Waals surface area contributed by atoms with Crippen LogP contribution >= 0.6 is 0 Å². The molecule has 2 unspecified atom stereocenters. The molecule has 2 N–H and O–H groups in total. The summed E-state index contributed by atoms with van der Waals surface area (Å²) in [7, 11) is 0. The third-order valence-corrected chi connectivity index (χ3v) is 4.35. The Labute approximate surface area is 105 Å². The molecular formula is C14H27NO2. The van der Waals surface area contributed by atoms with Crippen molar-refractivity contribution >= 4 is 5.97 Å². The van der Waals surface area contributed by atoms with Crippen molar-refractivity contribution in [3.05, 3.63) is 0 Å². The topological polar surface area (TPSA) is 52.3 Å². The van der Waals surface area contributed by atoms with E-state index in [4.69, 9.17) is 10.5 Å². The smallest absolute Gasteiger partial charge is 0.313 e. The Balaban J connectivity index is 2.50. The van der Waals surface area contributed by atoms with Gasteiger partial charge >= 0.3 is 5.97 Å². The minimum Gasteiger partial charge on any atom is -0.465 e. The van der Waals surface area contributed by atoms with Crippen molar-refractivity contribution in [1.29, 1.82) is 0 Å². The van der Waals surface area contributed by atoms with E-state index in [0.29, 0.717) is 12.5 Å². The van der Waals surface area contributed by atoms with Gasteiger partial charge < -0.3 is 10.5 Å². The summed E-state index contributed by atoms with van der Waals surface area (Å²) < 4.78 is 5.48. The van der Waals surface area contributed by atoms with Crippen molar-refractivity contribution in [2.24, 2.45) is 17.1 Å². The van der Waals surface area contributed by atoms with Crippen LogP contribution in [0.4, 0.5) is 0 Å². The van der Waals surface area contributed by atoms with E-state index < -0.39 is 5.41 Å². The molecule has 0 aromatic carbocycles. The van der Waals surface area contributed by atoms with Crippen LogP contribution in [0.2, 0.25) is 0 Å². The molecule has 1 saturated carbocycles. The molecular weight excluding hydrogens is 214 g/mol. The van der Waals surface area contributed by atoms with E-state index in [1.165, 1.54) is 0 Å². The Bertz CT molecular complexity index is 251. The molecule has 0 aromatic heterocycles. The zero-order valence-electron chi connectivity index (χ0n) is 11.5. The van der Waals surface area contributed by atoms with Gasteiger partial charge in [-0.2, -0.15) is 0 Å². The molecule has 0 aliphatic heterocycles. The average molecular weight is 241 g/mol. The standard InChI is InChI=1S/C14H27NO2/c1-4-11(5-2)10-17-13(16)14(3)9-7-6-8-12(14)15/h11-12H,4-10,15H2,1-3H3. The molecule has 0 spiro atoms. The number of carbonyl (C=O) groups is 1. The third-order valence-electron chi connectivity index (χ3n) is 4.35. The van der Waals surface area contributed by atoms with Gasteiger partial charge in [-0.1, -0.05) is 39.5 Å². The van der Waals surface area contributed by atoms with Crippen LogP contribution in [0.3, 0.4) is 0 Å². The zero-order chi connectivity index (χ0) is 12.9. The lowest BCUT2D eigenvalue weighted by Crippen LogP contribution is -2.48.